The Morgan fingerprint density at radius 3 is 3.13 bits per heavy atom. The lowest BCUT2D eigenvalue weighted by Crippen LogP contribution is -2.52. The number of carbonyl (C=O) groups is 1. The average Bonchev–Trinajstić information content (AvgIpc) is 2.99. The molecule has 0 aliphatic carbocycles. The van der Waals surface area contributed by atoms with Crippen LogP contribution >= 0.6 is 11.3 Å². The summed E-state index contributed by atoms with van der Waals surface area (Å²) < 4.78 is 12.3. The fraction of sp³-hybridized carbons (Fsp3) is 0.375. The number of thiazole rings is 1. The van der Waals surface area contributed by atoms with Gasteiger partial charge in [-0.25, -0.2) is 9.78 Å². The minimum atomic E-state index is -0.158. The molecule has 0 spiro atoms. The lowest BCUT2D eigenvalue weighted by Gasteiger charge is -2.30. The number of urea groups is 1. The van der Waals surface area contributed by atoms with Crippen LogP contribution in [0, 0.1) is 11.8 Å². The van der Waals surface area contributed by atoms with E-state index in [-0.39, 0.29) is 12.1 Å². The van der Waals surface area contributed by atoms with E-state index in [1.54, 1.807) is 11.8 Å². The topological polar surface area (TPSA) is 63.7 Å². The molecule has 2 aromatic rings. The Hall–Kier alpha value is -2.46. The molecule has 0 bridgehead atoms. The maximum atomic E-state index is 12.3. The number of fused-ring (bicyclic) bond motifs is 3. The quantitative estimate of drug-likeness (QED) is 0.816. The Morgan fingerprint density at radius 2 is 2.26 bits per heavy atom. The summed E-state index contributed by atoms with van der Waals surface area (Å²) in [5.41, 5.74) is 0.740. The van der Waals surface area contributed by atoms with Crippen LogP contribution in [0.4, 0.5) is 9.93 Å². The Kier molecular flexibility index (Phi) is 3.46. The number of amides is 2. The molecule has 1 atom stereocenters. The average molecular weight is 329 g/mol. The summed E-state index contributed by atoms with van der Waals surface area (Å²) in [5, 5.41) is 3.49. The lowest BCUT2D eigenvalue weighted by atomic mass is 10.1. The van der Waals surface area contributed by atoms with Gasteiger partial charge in [0.15, 0.2) is 16.6 Å². The van der Waals surface area contributed by atoms with Crippen molar-refractivity contribution in [3.05, 3.63) is 12.1 Å². The number of carbonyl (C=O) groups excluding carboxylic acids is 1. The van der Waals surface area contributed by atoms with Gasteiger partial charge in [0.1, 0.15) is 24.8 Å². The van der Waals surface area contributed by atoms with E-state index in [9.17, 15) is 4.79 Å². The standard InChI is InChI=1S/C16H15N3O3S/c1-2-3-10-6-7-17-15(20)19(10)16-18-13-12(23-16)5-4-11-14(13)22-9-8-21-11/h4-5,10H,6-9H2,1H3,(H,17,20). The highest BCUT2D eigenvalue weighted by atomic mass is 32.1. The van der Waals surface area contributed by atoms with Gasteiger partial charge < -0.3 is 14.8 Å². The molecule has 1 aromatic heterocycles. The predicted octanol–water partition coefficient (Wildman–Crippen LogP) is 2.38. The first-order valence-electron chi connectivity index (χ1n) is 7.46. The van der Waals surface area contributed by atoms with Crippen LogP contribution in [0.25, 0.3) is 10.2 Å². The van der Waals surface area contributed by atoms with Gasteiger partial charge in [-0.2, -0.15) is 0 Å². The van der Waals surface area contributed by atoms with E-state index < -0.39 is 0 Å². The van der Waals surface area contributed by atoms with Crippen LogP contribution in [0.1, 0.15) is 13.3 Å². The van der Waals surface area contributed by atoms with Crippen molar-refractivity contribution in [3.8, 4) is 23.3 Å². The fourth-order valence-electron chi connectivity index (χ4n) is 2.79. The zero-order chi connectivity index (χ0) is 15.8. The molecular formula is C16H15N3O3S. The third-order valence-corrected chi connectivity index (χ3v) is 4.82. The minimum absolute atomic E-state index is 0.151. The Balaban J connectivity index is 1.81. The predicted molar refractivity (Wildman–Crippen MR) is 88.3 cm³/mol. The van der Waals surface area contributed by atoms with Crippen molar-refractivity contribution in [2.75, 3.05) is 24.7 Å². The van der Waals surface area contributed by atoms with Crippen molar-refractivity contribution >= 4 is 32.7 Å². The van der Waals surface area contributed by atoms with Crippen LogP contribution in [-0.4, -0.2) is 36.8 Å². The number of nitrogens with zero attached hydrogens (tertiary/aromatic N) is 2. The fourth-order valence-corrected chi connectivity index (χ4v) is 3.80. The summed E-state index contributed by atoms with van der Waals surface area (Å²) in [6.45, 7) is 3.46. The molecule has 0 saturated carbocycles. The van der Waals surface area contributed by atoms with Crippen LogP contribution in [0.15, 0.2) is 12.1 Å². The van der Waals surface area contributed by atoms with Crippen molar-refractivity contribution in [3.63, 3.8) is 0 Å². The van der Waals surface area contributed by atoms with E-state index in [1.807, 2.05) is 12.1 Å². The third-order valence-electron chi connectivity index (χ3n) is 3.80. The number of hydrogen-bond acceptors (Lipinski definition) is 5. The lowest BCUT2D eigenvalue weighted by molar-refractivity contribution is 0.173. The first-order chi connectivity index (χ1) is 11.3. The summed E-state index contributed by atoms with van der Waals surface area (Å²) >= 11 is 1.46. The van der Waals surface area contributed by atoms with Crippen molar-refractivity contribution in [2.24, 2.45) is 0 Å². The molecule has 7 heteroatoms. The molecule has 1 fully saturated rings. The highest BCUT2D eigenvalue weighted by Crippen LogP contribution is 2.42. The van der Waals surface area contributed by atoms with E-state index in [0.29, 0.717) is 36.4 Å². The molecular weight excluding hydrogens is 314 g/mol. The van der Waals surface area contributed by atoms with Crippen molar-refractivity contribution in [2.45, 2.75) is 19.4 Å². The van der Waals surface area contributed by atoms with E-state index in [1.165, 1.54) is 11.3 Å². The van der Waals surface area contributed by atoms with Gasteiger partial charge in [0, 0.05) is 6.54 Å². The molecule has 1 unspecified atom stereocenters. The normalized spacial score (nSPS) is 20.0. The molecule has 2 aliphatic heterocycles. The van der Waals surface area contributed by atoms with Crippen molar-refractivity contribution in [1.82, 2.24) is 10.3 Å². The van der Waals surface area contributed by atoms with E-state index >= 15 is 0 Å². The maximum Gasteiger partial charge on any atom is 0.324 e. The minimum Gasteiger partial charge on any atom is -0.486 e. The van der Waals surface area contributed by atoms with Gasteiger partial charge >= 0.3 is 6.03 Å². The molecule has 23 heavy (non-hydrogen) atoms. The number of aromatic nitrogens is 1. The second kappa shape index (κ2) is 5.63. The first kappa shape index (κ1) is 14.2. The Bertz CT molecular complexity index is 836. The number of rotatable bonds is 1. The molecule has 118 valence electrons. The summed E-state index contributed by atoms with van der Waals surface area (Å²) in [4.78, 5) is 18.6. The van der Waals surface area contributed by atoms with Gasteiger partial charge in [-0.1, -0.05) is 17.3 Å². The number of benzene rings is 1. The molecule has 2 amide bonds. The SMILES string of the molecule is CC#CC1CCNC(=O)N1c1nc2c3c(ccc2s1)OCCO3. The number of hydrogen-bond donors (Lipinski definition) is 1. The molecule has 4 rings (SSSR count). The van der Waals surface area contributed by atoms with Gasteiger partial charge in [0.2, 0.25) is 0 Å². The van der Waals surface area contributed by atoms with Gasteiger partial charge in [0.25, 0.3) is 0 Å². The van der Waals surface area contributed by atoms with Gasteiger partial charge in [-0.3, -0.25) is 4.90 Å². The highest BCUT2D eigenvalue weighted by molar-refractivity contribution is 7.22. The van der Waals surface area contributed by atoms with E-state index in [0.717, 1.165) is 16.6 Å². The van der Waals surface area contributed by atoms with E-state index in [2.05, 4.69) is 22.1 Å². The second-order valence-corrected chi connectivity index (χ2v) is 6.24. The Labute approximate surface area is 137 Å². The smallest absolute Gasteiger partial charge is 0.324 e. The third kappa shape index (κ3) is 2.35. The number of nitrogens with one attached hydrogen (secondary N) is 1. The molecule has 1 N–H and O–H groups in total. The van der Waals surface area contributed by atoms with Crippen molar-refractivity contribution < 1.29 is 14.3 Å². The monoisotopic (exact) mass is 329 g/mol. The summed E-state index contributed by atoms with van der Waals surface area (Å²) in [6, 6.07) is 3.53. The van der Waals surface area contributed by atoms with E-state index in [4.69, 9.17) is 9.47 Å². The summed E-state index contributed by atoms with van der Waals surface area (Å²) in [6.07, 6.45) is 0.778. The summed E-state index contributed by atoms with van der Waals surface area (Å²) in [7, 11) is 0. The molecule has 2 aliphatic rings. The van der Waals surface area contributed by atoms with Gasteiger partial charge in [-0.05, 0) is 25.5 Å². The van der Waals surface area contributed by atoms with Gasteiger partial charge in [0.05, 0.1) is 4.70 Å². The zero-order valence-corrected chi connectivity index (χ0v) is 13.4. The molecule has 1 saturated heterocycles. The van der Waals surface area contributed by atoms with Crippen LogP contribution < -0.4 is 19.7 Å². The second-order valence-electron chi connectivity index (χ2n) is 5.23. The van der Waals surface area contributed by atoms with Crippen LogP contribution in [-0.2, 0) is 0 Å². The molecule has 6 nitrogen and oxygen atoms in total. The molecule has 0 radical (unpaired) electrons. The van der Waals surface area contributed by atoms with Crippen LogP contribution in [0.2, 0.25) is 0 Å². The largest absolute Gasteiger partial charge is 0.486 e. The highest BCUT2D eigenvalue weighted by Gasteiger charge is 2.31. The first-order valence-corrected chi connectivity index (χ1v) is 8.28. The van der Waals surface area contributed by atoms with Gasteiger partial charge in [-0.15, -0.1) is 5.92 Å². The zero-order valence-electron chi connectivity index (χ0n) is 12.6. The molecule has 1 aromatic carbocycles. The Morgan fingerprint density at radius 1 is 1.39 bits per heavy atom. The number of ether oxygens (including phenoxy) is 2. The molecule has 3 heterocycles. The van der Waals surface area contributed by atoms with Crippen LogP contribution in [0.5, 0.6) is 11.5 Å². The van der Waals surface area contributed by atoms with Crippen LogP contribution in [0.3, 0.4) is 0 Å². The maximum absolute atomic E-state index is 12.3. The summed E-state index contributed by atoms with van der Waals surface area (Å²) in [5.74, 6) is 7.36. The van der Waals surface area contributed by atoms with Crippen molar-refractivity contribution in [1.29, 1.82) is 0 Å². The number of anilines is 1.